The Morgan fingerprint density at radius 1 is 1.22 bits per heavy atom. The number of alkyl halides is 2. The first-order valence-corrected chi connectivity index (χ1v) is 8.70. The summed E-state index contributed by atoms with van der Waals surface area (Å²) in [7, 11) is 0. The fourth-order valence-electron chi connectivity index (χ4n) is 3.38. The first kappa shape index (κ1) is 17.5. The van der Waals surface area contributed by atoms with Crippen LogP contribution < -0.4 is 5.32 Å². The second-order valence-corrected chi connectivity index (χ2v) is 6.60. The minimum atomic E-state index is -2.88. The molecule has 1 atom stereocenters. The van der Waals surface area contributed by atoms with Gasteiger partial charge >= 0.3 is 0 Å². The van der Waals surface area contributed by atoms with Gasteiger partial charge in [-0.15, -0.1) is 0 Å². The van der Waals surface area contributed by atoms with E-state index in [0.717, 1.165) is 24.1 Å². The van der Waals surface area contributed by atoms with Gasteiger partial charge in [0.05, 0.1) is 17.3 Å². The lowest BCUT2D eigenvalue weighted by atomic mass is 10.0. The zero-order chi connectivity index (χ0) is 19.0. The Hall–Kier alpha value is -2.90. The van der Waals surface area contributed by atoms with Crippen molar-refractivity contribution in [3.63, 3.8) is 0 Å². The summed E-state index contributed by atoms with van der Waals surface area (Å²) in [6.07, 6.45) is 1.78. The molecule has 4 rings (SSSR count). The summed E-state index contributed by atoms with van der Waals surface area (Å²) in [5, 5.41) is 7.13. The molecule has 1 amide bonds. The summed E-state index contributed by atoms with van der Waals surface area (Å²) in [6.45, 7) is 1.25. The SMILES string of the molecule is O=C1NCC[C@H]1CCn1ncc2ncc(-c3ccc(F)c(C(F)F)c3)cc21. The van der Waals surface area contributed by atoms with E-state index in [0.29, 0.717) is 36.2 Å². The highest BCUT2D eigenvalue weighted by molar-refractivity contribution is 5.81. The van der Waals surface area contributed by atoms with E-state index in [2.05, 4.69) is 15.4 Å². The Morgan fingerprint density at radius 2 is 2.07 bits per heavy atom. The molecule has 2 aromatic heterocycles. The second-order valence-electron chi connectivity index (χ2n) is 6.60. The number of aryl methyl sites for hydroxylation is 1. The van der Waals surface area contributed by atoms with Crippen LogP contribution >= 0.6 is 0 Å². The van der Waals surface area contributed by atoms with Crippen LogP contribution in [-0.2, 0) is 11.3 Å². The van der Waals surface area contributed by atoms with E-state index in [4.69, 9.17) is 0 Å². The third-order valence-electron chi connectivity index (χ3n) is 4.91. The third kappa shape index (κ3) is 3.39. The Bertz CT molecular complexity index is 1000. The normalized spacial score (nSPS) is 17.0. The quantitative estimate of drug-likeness (QED) is 0.741. The molecule has 1 saturated heterocycles. The highest BCUT2D eigenvalue weighted by Crippen LogP contribution is 2.29. The predicted octanol–water partition coefficient (Wildman–Crippen LogP) is 3.70. The van der Waals surface area contributed by atoms with Gasteiger partial charge in [-0.1, -0.05) is 6.07 Å². The second kappa shape index (κ2) is 7.02. The molecule has 1 aliphatic rings. The van der Waals surface area contributed by atoms with Gasteiger partial charge in [-0.3, -0.25) is 14.5 Å². The molecule has 1 aromatic carbocycles. The van der Waals surface area contributed by atoms with Crippen molar-refractivity contribution in [1.82, 2.24) is 20.1 Å². The molecule has 0 aliphatic carbocycles. The molecule has 3 heterocycles. The molecule has 1 aliphatic heterocycles. The number of halogens is 3. The highest BCUT2D eigenvalue weighted by Gasteiger charge is 2.24. The summed E-state index contributed by atoms with van der Waals surface area (Å²) >= 11 is 0. The maximum Gasteiger partial charge on any atom is 0.266 e. The van der Waals surface area contributed by atoms with Crippen molar-refractivity contribution in [2.24, 2.45) is 5.92 Å². The molecule has 1 N–H and O–H groups in total. The van der Waals surface area contributed by atoms with Crippen LogP contribution in [0.2, 0.25) is 0 Å². The Kier molecular flexibility index (Phi) is 4.55. The maximum atomic E-state index is 13.5. The van der Waals surface area contributed by atoms with Crippen molar-refractivity contribution in [1.29, 1.82) is 0 Å². The number of hydrogen-bond acceptors (Lipinski definition) is 3. The van der Waals surface area contributed by atoms with E-state index >= 15 is 0 Å². The van der Waals surface area contributed by atoms with Crippen molar-refractivity contribution in [2.45, 2.75) is 25.8 Å². The van der Waals surface area contributed by atoms with Crippen LogP contribution in [0.3, 0.4) is 0 Å². The minimum absolute atomic E-state index is 0.0221. The number of amides is 1. The van der Waals surface area contributed by atoms with Gasteiger partial charge in [0, 0.05) is 30.8 Å². The molecule has 1 fully saturated rings. The van der Waals surface area contributed by atoms with Crippen molar-refractivity contribution in [3.05, 3.63) is 48.0 Å². The van der Waals surface area contributed by atoms with Crippen LogP contribution in [0.4, 0.5) is 13.2 Å². The van der Waals surface area contributed by atoms with Gasteiger partial charge in [0.2, 0.25) is 5.91 Å². The van der Waals surface area contributed by atoms with Crippen LogP contribution in [0.1, 0.15) is 24.8 Å². The zero-order valence-corrected chi connectivity index (χ0v) is 14.3. The summed E-state index contributed by atoms with van der Waals surface area (Å²) < 4.78 is 41.2. The van der Waals surface area contributed by atoms with Gasteiger partial charge in [-0.05, 0) is 36.6 Å². The summed E-state index contributed by atoms with van der Waals surface area (Å²) in [4.78, 5) is 16.0. The minimum Gasteiger partial charge on any atom is -0.356 e. The molecular weight excluding hydrogens is 357 g/mol. The standard InChI is InChI=1S/C19H17F3N4O/c20-15-2-1-12(7-14(15)18(21)22)13-8-17-16(24-9-13)10-25-26(17)6-4-11-3-5-23-19(11)27/h1-2,7-11,18H,3-6H2,(H,23,27)/t11-/m0/s1. The zero-order valence-electron chi connectivity index (χ0n) is 14.3. The number of carbonyl (C=O) groups is 1. The number of nitrogens with one attached hydrogen (secondary N) is 1. The lowest BCUT2D eigenvalue weighted by molar-refractivity contribution is -0.122. The highest BCUT2D eigenvalue weighted by atomic mass is 19.3. The van der Waals surface area contributed by atoms with Gasteiger partial charge in [-0.25, -0.2) is 13.2 Å². The van der Waals surface area contributed by atoms with E-state index in [-0.39, 0.29) is 11.8 Å². The fourth-order valence-corrected chi connectivity index (χ4v) is 3.38. The predicted molar refractivity (Wildman–Crippen MR) is 93.6 cm³/mol. The van der Waals surface area contributed by atoms with E-state index < -0.39 is 17.8 Å². The monoisotopic (exact) mass is 374 g/mol. The molecule has 0 bridgehead atoms. The molecular formula is C19H17F3N4O. The number of fused-ring (bicyclic) bond motifs is 1. The first-order valence-electron chi connectivity index (χ1n) is 8.70. The maximum absolute atomic E-state index is 13.5. The number of pyridine rings is 1. The molecule has 0 radical (unpaired) electrons. The lowest BCUT2D eigenvalue weighted by Gasteiger charge is -2.09. The average Bonchev–Trinajstić information content (AvgIpc) is 3.25. The Morgan fingerprint density at radius 3 is 2.81 bits per heavy atom. The van der Waals surface area contributed by atoms with Crippen molar-refractivity contribution in [2.75, 3.05) is 6.54 Å². The molecule has 8 heteroatoms. The van der Waals surface area contributed by atoms with Gasteiger partial charge in [0.25, 0.3) is 6.43 Å². The van der Waals surface area contributed by atoms with Gasteiger partial charge in [0.15, 0.2) is 0 Å². The molecule has 0 unspecified atom stereocenters. The van der Waals surface area contributed by atoms with E-state index in [1.165, 1.54) is 6.07 Å². The Balaban J connectivity index is 1.64. The number of aromatic nitrogens is 3. The van der Waals surface area contributed by atoms with Crippen molar-refractivity contribution < 1.29 is 18.0 Å². The molecule has 5 nitrogen and oxygen atoms in total. The van der Waals surface area contributed by atoms with Crippen LogP contribution in [0.25, 0.3) is 22.2 Å². The number of rotatable bonds is 5. The number of carbonyl (C=O) groups excluding carboxylic acids is 1. The number of nitrogens with zero attached hydrogens (tertiary/aromatic N) is 3. The topological polar surface area (TPSA) is 59.8 Å². The number of benzene rings is 1. The van der Waals surface area contributed by atoms with Crippen LogP contribution in [0.15, 0.2) is 36.7 Å². The average molecular weight is 374 g/mol. The van der Waals surface area contributed by atoms with Gasteiger partial charge < -0.3 is 5.32 Å². The van der Waals surface area contributed by atoms with Gasteiger partial charge in [-0.2, -0.15) is 5.10 Å². The van der Waals surface area contributed by atoms with Crippen LogP contribution in [-0.4, -0.2) is 27.2 Å². The largest absolute Gasteiger partial charge is 0.356 e. The molecule has 3 aromatic rings. The van der Waals surface area contributed by atoms with Gasteiger partial charge in [0.1, 0.15) is 11.3 Å². The summed E-state index contributed by atoms with van der Waals surface area (Å²) in [6, 6.07) is 5.43. The van der Waals surface area contributed by atoms with Crippen LogP contribution in [0.5, 0.6) is 0 Å². The first-order chi connectivity index (χ1) is 13.0. The fraction of sp³-hybridized carbons (Fsp3) is 0.316. The summed E-state index contributed by atoms with van der Waals surface area (Å²) in [5.41, 5.74) is 1.85. The van der Waals surface area contributed by atoms with E-state index in [9.17, 15) is 18.0 Å². The Labute approximate surface area is 153 Å². The molecule has 27 heavy (non-hydrogen) atoms. The molecule has 0 saturated carbocycles. The lowest BCUT2D eigenvalue weighted by Crippen LogP contribution is -2.20. The number of hydrogen-bond donors (Lipinski definition) is 1. The van der Waals surface area contributed by atoms with Crippen molar-refractivity contribution in [3.8, 4) is 11.1 Å². The third-order valence-corrected chi connectivity index (χ3v) is 4.91. The van der Waals surface area contributed by atoms with E-state index in [1.807, 2.05) is 0 Å². The summed E-state index contributed by atoms with van der Waals surface area (Å²) in [5.74, 6) is -0.884. The van der Waals surface area contributed by atoms with E-state index in [1.54, 1.807) is 23.1 Å². The van der Waals surface area contributed by atoms with Crippen LogP contribution in [0, 0.1) is 11.7 Å². The molecule has 0 spiro atoms. The smallest absolute Gasteiger partial charge is 0.266 e. The van der Waals surface area contributed by atoms with Crippen molar-refractivity contribution >= 4 is 16.9 Å². The molecule has 140 valence electrons.